The van der Waals surface area contributed by atoms with Crippen molar-refractivity contribution in [2.45, 2.75) is 0 Å². The van der Waals surface area contributed by atoms with E-state index in [2.05, 4.69) is 27.9 Å². The van der Waals surface area contributed by atoms with Gasteiger partial charge in [0.25, 0.3) is 5.91 Å². The van der Waals surface area contributed by atoms with Crippen LogP contribution in [0.2, 0.25) is 10.0 Å². The first kappa shape index (κ1) is 14.4. The summed E-state index contributed by atoms with van der Waals surface area (Å²) >= 11 is 13.8. The molecule has 0 bridgehead atoms. The number of hydrogen-bond donors (Lipinski definition) is 2. The highest BCUT2D eigenvalue weighted by molar-refractivity contribution is 14.1. The second-order valence-electron chi connectivity index (χ2n) is 3.81. The Morgan fingerprint density at radius 3 is 2.42 bits per heavy atom. The van der Waals surface area contributed by atoms with Gasteiger partial charge in [-0.3, -0.25) is 4.79 Å². The van der Waals surface area contributed by atoms with E-state index in [0.29, 0.717) is 27.0 Å². The van der Waals surface area contributed by atoms with E-state index < -0.39 is 0 Å². The van der Waals surface area contributed by atoms with Crippen molar-refractivity contribution in [1.82, 2.24) is 0 Å². The van der Waals surface area contributed by atoms with Crippen LogP contribution in [0.25, 0.3) is 0 Å². The summed E-state index contributed by atoms with van der Waals surface area (Å²) in [7, 11) is 0. The maximum absolute atomic E-state index is 12.2. The number of rotatable bonds is 2. The molecule has 3 N–H and O–H groups in total. The number of carbonyl (C=O) groups is 1. The molecule has 0 spiro atoms. The van der Waals surface area contributed by atoms with Crippen LogP contribution in [0.5, 0.6) is 0 Å². The van der Waals surface area contributed by atoms with Crippen LogP contribution in [-0.4, -0.2) is 5.91 Å². The number of nitrogens with one attached hydrogen (secondary N) is 1. The fourth-order valence-electron chi connectivity index (χ4n) is 1.51. The summed E-state index contributed by atoms with van der Waals surface area (Å²) in [6, 6.07) is 10.0. The minimum Gasteiger partial charge on any atom is -0.397 e. The number of halogens is 3. The number of benzene rings is 2. The molecule has 0 heterocycles. The molecule has 19 heavy (non-hydrogen) atoms. The van der Waals surface area contributed by atoms with E-state index in [-0.39, 0.29) is 5.91 Å². The fourth-order valence-corrected chi connectivity index (χ4v) is 2.44. The van der Waals surface area contributed by atoms with E-state index in [1.54, 1.807) is 36.4 Å². The van der Waals surface area contributed by atoms with Gasteiger partial charge in [0.15, 0.2) is 0 Å². The molecule has 2 rings (SSSR count). The van der Waals surface area contributed by atoms with Crippen molar-refractivity contribution >= 4 is 63.1 Å². The van der Waals surface area contributed by atoms with Gasteiger partial charge in [-0.1, -0.05) is 23.2 Å². The van der Waals surface area contributed by atoms with E-state index in [4.69, 9.17) is 28.9 Å². The molecule has 0 unspecified atom stereocenters. The van der Waals surface area contributed by atoms with E-state index in [0.717, 1.165) is 3.57 Å². The molecule has 1 amide bonds. The topological polar surface area (TPSA) is 55.1 Å². The Balaban J connectivity index is 2.28. The predicted octanol–water partition coefficient (Wildman–Crippen LogP) is 4.43. The number of nitrogen functional groups attached to an aromatic ring is 1. The zero-order valence-electron chi connectivity index (χ0n) is 9.58. The van der Waals surface area contributed by atoms with Gasteiger partial charge >= 0.3 is 0 Å². The summed E-state index contributed by atoms with van der Waals surface area (Å²) in [4.78, 5) is 12.2. The largest absolute Gasteiger partial charge is 0.397 e. The van der Waals surface area contributed by atoms with Gasteiger partial charge in [-0.25, -0.2) is 0 Å². The number of nitrogens with two attached hydrogens (primary N) is 1. The fraction of sp³-hybridized carbons (Fsp3) is 0. The third-order valence-electron chi connectivity index (χ3n) is 2.43. The SMILES string of the molecule is Nc1cc(Cl)ccc1NC(=O)c1cc(Cl)ccc1I. The average molecular weight is 407 g/mol. The minimum atomic E-state index is -0.263. The predicted molar refractivity (Wildman–Crippen MR) is 88.0 cm³/mol. The lowest BCUT2D eigenvalue weighted by Crippen LogP contribution is -2.14. The molecule has 0 saturated carbocycles. The standard InChI is InChI=1S/C13H9Cl2IN2O/c14-7-1-3-10(16)9(5-7)13(19)18-12-4-2-8(15)6-11(12)17/h1-6H,17H2,(H,18,19). The summed E-state index contributed by atoms with van der Waals surface area (Å²) in [5.41, 5.74) is 7.22. The van der Waals surface area contributed by atoms with Crippen molar-refractivity contribution in [2.75, 3.05) is 11.1 Å². The lowest BCUT2D eigenvalue weighted by Gasteiger charge is -2.09. The van der Waals surface area contributed by atoms with Gasteiger partial charge in [0.1, 0.15) is 0 Å². The summed E-state index contributed by atoms with van der Waals surface area (Å²) < 4.78 is 0.812. The van der Waals surface area contributed by atoms with Crippen LogP contribution in [0.3, 0.4) is 0 Å². The van der Waals surface area contributed by atoms with Crippen molar-refractivity contribution in [3.8, 4) is 0 Å². The number of carbonyl (C=O) groups excluding carboxylic acids is 1. The maximum Gasteiger partial charge on any atom is 0.256 e. The van der Waals surface area contributed by atoms with Crippen LogP contribution in [-0.2, 0) is 0 Å². The van der Waals surface area contributed by atoms with Gasteiger partial charge in [0, 0.05) is 13.6 Å². The maximum atomic E-state index is 12.2. The molecule has 0 aliphatic rings. The van der Waals surface area contributed by atoms with Gasteiger partial charge in [-0.2, -0.15) is 0 Å². The van der Waals surface area contributed by atoms with Crippen LogP contribution in [0.15, 0.2) is 36.4 Å². The molecule has 2 aromatic carbocycles. The third-order valence-corrected chi connectivity index (χ3v) is 3.85. The molecule has 0 aliphatic carbocycles. The van der Waals surface area contributed by atoms with Gasteiger partial charge in [0.2, 0.25) is 0 Å². The van der Waals surface area contributed by atoms with Crippen molar-refractivity contribution in [3.05, 3.63) is 55.6 Å². The first-order chi connectivity index (χ1) is 8.97. The smallest absolute Gasteiger partial charge is 0.256 e. The average Bonchev–Trinajstić information content (AvgIpc) is 2.35. The number of amides is 1. The second-order valence-corrected chi connectivity index (χ2v) is 5.84. The Morgan fingerprint density at radius 2 is 1.74 bits per heavy atom. The lowest BCUT2D eigenvalue weighted by atomic mass is 10.2. The van der Waals surface area contributed by atoms with Crippen LogP contribution >= 0.6 is 45.8 Å². The molecule has 98 valence electrons. The summed E-state index contributed by atoms with van der Waals surface area (Å²) in [6.45, 7) is 0. The highest BCUT2D eigenvalue weighted by Gasteiger charge is 2.12. The molecular formula is C13H9Cl2IN2O. The van der Waals surface area contributed by atoms with Crippen LogP contribution in [0.1, 0.15) is 10.4 Å². The van der Waals surface area contributed by atoms with Crippen LogP contribution < -0.4 is 11.1 Å². The normalized spacial score (nSPS) is 10.3. The van der Waals surface area contributed by atoms with Crippen molar-refractivity contribution in [2.24, 2.45) is 0 Å². The van der Waals surface area contributed by atoms with Gasteiger partial charge < -0.3 is 11.1 Å². The Bertz CT molecular complexity index is 647. The van der Waals surface area contributed by atoms with Crippen molar-refractivity contribution in [3.63, 3.8) is 0 Å². The first-order valence-electron chi connectivity index (χ1n) is 5.29. The van der Waals surface area contributed by atoms with Crippen LogP contribution in [0.4, 0.5) is 11.4 Å². The monoisotopic (exact) mass is 406 g/mol. The Morgan fingerprint density at radius 1 is 1.11 bits per heavy atom. The highest BCUT2D eigenvalue weighted by Crippen LogP contribution is 2.24. The molecule has 3 nitrogen and oxygen atoms in total. The van der Waals surface area contributed by atoms with E-state index in [1.807, 2.05) is 0 Å². The number of hydrogen-bond acceptors (Lipinski definition) is 2. The van der Waals surface area contributed by atoms with Crippen molar-refractivity contribution < 1.29 is 4.79 Å². The Kier molecular flexibility index (Phi) is 4.54. The third kappa shape index (κ3) is 3.52. The van der Waals surface area contributed by atoms with Gasteiger partial charge in [-0.05, 0) is 59.0 Å². The lowest BCUT2D eigenvalue weighted by molar-refractivity contribution is 0.102. The minimum absolute atomic E-state index is 0.263. The summed E-state index contributed by atoms with van der Waals surface area (Å²) in [5, 5.41) is 3.77. The van der Waals surface area contributed by atoms with Gasteiger partial charge in [0.05, 0.1) is 16.9 Å². The molecule has 0 aliphatic heterocycles. The van der Waals surface area contributed by atoms with E-state index in [1.165, 1.54) is 0 Å². The molecule has 6 heteroatoms. The highest BCUT2D eigenvalue weighted by atomic mass is 127. The van der Waals surface area contributed by atoms with Gasteiger partial charge in [-0.15, -0.1) is 0 Å². The zero-order chi connectivity index (χ0) is 14.0. The quantitative estimate of drug-likeness (QED) is 0.572. The first-order valence-corrected chi connectivity index (χ1v) is 7.12. The second kappa shape index (κ2) is 5.98. The van der Waals surface area contributed by atoms with Crippen LogP contribution in [0, 0.1) is 3.57 Å². The van der Waals surface area contributed by atoms with E-state index in [9.17, 15) is 4.79 Å². The zero-order valence-corrected chi connectivity index (χ0v) is 13.3. The Hall–Kier alpha value is -0.980. The molecule has 0 atom stereocenters. The molecule has 0 saturated heterocycles. The number of anilines is 2. The van der Waals surface area contributed by atoms with Crippen molar-refractivity contribution in [1.29, 1.82) is 0 Å². The summed E-state index contributed by atoms with van der Waals surface area (Å²) in [5.74, 6) is -0.263. The van der Waals surface area contributed by atoms with E-state index >= 15 is 0 Å². The molecule has 0 fully saturated rings. The molecule has 0 aromatic heterocycles. The molecular weight excluding hydrogens is 398 g/mol. The molecule has 0 radical (unpaired) electrons. The summed E-state index contributed by atoms with van der Waals surface area (Å²) in [6.07, 6.45) is 0. The molecule has 2 aromatic rings. The Labute approximate surface area is 134 Å².